The average Bonchev–Trinajstić information content (AvgIpc) is 3.55. The Kier molecular flexibility index (Phi) is 7.75. The minimum absolute atomic E-state index is 0.117. The lowest BCUT2D eigenvalue weighted by molar-refractivity contribution is -0.129. The smallest absolute Gasteiger partial charge is 0.244 e. The van der Waals surface area contributed by atoms with Crippen molar-refractivity contribution in [1.82, 2.24) is 15.8 Å². The number of carbonyl (C=O) groups excluding carboxylic acids is 2. The molecule has 0 saturated carbocycles. The van der Waals surface area contributed by atoms with Gasteiger partial charge in [-0.3, -0.25) is 14.8 Å². The van der Waals surface area contributed by atoms with E-state index >= 15 is 0 Å². The van der Waals surface area contributed by atoms with E-state index in [1.807, 2.05) is 23.2 Å². The van der Waals surface area contributed by atoms with Crippen LogP contribution in [0.15, 0.2) is 54.7 Å². The number of nitrogens with one attached hydrogen (secondary N) is 3. The van der Waals surface area contributed by atoms with E-state index in [4.69, 9.17) is 5.21 Å². The zero-order valence-corrected chi connectivity index (χ0v) is 18.8. The third kappa shape index (κ3) is 5.80. The molecule has 1 aliphatic heterocycles. The highest BCUT2D eigenvalue weighted by molar-refractivity contribution is 5.97. The fraction of sp³-hybridized carbons (Fsp3) is 0.385. The van der Waals surface area contributed by atoms with Crippen molar-refractivity contribution in [3.05, 3.63) is 54.7 Å². The van der Waals surface area contributed by atoms with Crippen LogP contribution in [0.3, 0.4) is 0 Å². The van der Waals surface area contributed by atoms with Gasteiger partial charge in [-0.05, 0) is 73.0 Å². The van der Waals surface area contributed by atoms with E-state index in [-0.39, 0.29) is 17.9 Å². The number of hydroxylamine groups is 1. The Morgan fingerprint density at radius 3 is 2.55 bits per heavy atom. The van der Waals surface area contributed by atoms with Gasteiger partial charge in [0, 0.05) is 30.4 Å². The topological polar surface area (TPSA) is 97.5 Å². The molecule has 1 fully saturated rings. The summed E-state index contributed by atoms with van der Waals surface area (Å²) in [5.74, 6) is -0.220. The summed E-state index contributed by atoms with van der Waals surface area (Å²) in [6.07, 6.45) is 7.57. The summed E-state index contributed by atoms with van der Waals surface area (Å²) in [7, 11) is 0. The SMILES string of the molecule is O=C(CCCCCCN(C(=O)C1CCCN1)c1ccc(-c2ccc3cc[nH]c3c2)cc1)NO. The molecule has 2 aromatic carbocycles. The van der Waals surface area contributed by atoms with Gasteiger partial charge in [-0.15, -0.1) is 0 Å². The quantitative estimate of drug-likeness (QED) is 0.210. The molecule has 1 aromatic heterocycles. The largest absolute Gasteiger partial charge is 0.361 e. The molecule has 174 valence electrons. The van der Waals surface area contributed by atoms with Gasteiger partial charge >= 0.3 is 0 Å². The molecule has 7 nitrogen and oxygen atoms in total. The maximum Gasteiger partial charge on any atom is 0.244 e. The third-order valence-electron chi connectivity index (χ3n) is 6.35. The Morgan fingerprint density at radius 2 is 1.79 bits per heavy atom. The number of H-pyrrole nitrogens is 1. The van der Waals surface area contributed by atoms with Crippen LogP contribution in [-0.2, 0) is 9.59 Å². The molecule has 2 heterocycles. The Morgan fingerprint density at radius 1 is 1.00 bits per heavy atom. The minimum atomic E-state index is -0.352. The van der Waals surface area contributed by atoms with Gasteiger partial charge in [0.2, 0.25) is 11.8 Å². The molecule has 2 amide bonds. The van der Waals surface area contributed by atoms with Crippen LogP contribution in [0.1, 0.15) is 44.9 Å². The van der Waals surface area contributed by atoms with E-state index in [1.54, 1.807) is 5.48 Å². The van der Waals surface area contributed by atoms with Crippen molar-refractivity contribution in [2.45, 2.75) is 51.0 Å². The molecule has 0 spiro atoms. The summed E-state index contributed by atoms with van der Waals surface area (Å²) in [5.41, 5.74) is 5.94. The molecule has 3 aromatic rings. The summed E-state index contributed by atoms with van der Waals surface area (Å²) < 4.78 is 0. The number of nitrogens with zero attached hydrogens (tertiary/aromatic N) is 1. The second kappa shape index (κ2) is 11.1. The normalized spacial score (nSPS) is 15.6. The van der Waals surface area contributed by atoms with Crippen LogP contribution in [0.4, 0.5) is 5.69 Å². The zero-order chi connectivity index (χ0) is 23.0. The van der Waals surface area contributed by atoms with Gasteiger partial charge in [0.1, 0.15) is 0 Å². The number of aromatic amines is 1. The van der Waals surface area contributed by atoms with Gasteiger partial charge in [-0.2, -0.15) is 0 Å². The van der Waals surface area contributed by atoms with Crippen LogP contribution >= 0.6 is 0 Å². The number of hydrogen-bond donors (Lipinski definition) is 4. The number of aromatic nitrogens is 1. The van der Waals surface area contributed by atoms with Crippen LogP contribution < -0.4 is 15.7 Å². The van der Waals surface area contributed by atoms with Gasteiger partial charge < -0.3 is 15.2 Å². The molecule has 4 N–H and O–H groups in total. The van der Waals surface area contributed by atoms with E-state index in [1.165, 1.54) is 5.39 Å². The van der Waals surface area contributed by atoms with Crippen molar-refractivity contribution >= 4 is 28.4 Å². The Balaban J connectivity index is 1.42. The van der Waals surface area contributed by atoms with E-state index in [0.29, 0.717) is 13.0 Å². The predicted octanol–water partition coefficient (Wildman–Crippen LogP) is 4.38. The highest BCUT2D eigenvalue weighted by Crippen LogP contribution is 2.27. The third-order valence-corrected chi connectivity index (χ3v) is 6.35. The molecule has 1 aliphatic rings. The fourth-order valence-electron chi connectivity index (χ4n) is 4.48. The molecule has 4 rings (SSSR count). The molecular formula is C26H32N4O3. The predicted molar refractivity (Wildman–Crippen MR) is 130 cm³/mol. The molecular weight excluding hydrogens is 416 g/mol. The molecule has 1 atom stereocenters. The van der Waals surface area contributed by atoms with Crippen molar-refractivity contribution < 1.29 is 14.8 Å². The monoisotopic (exact) mass is 448 g/mol. The number of amides is 2. The van der Waals surface area contributed by atoms with Crippen LogP contribution in [0, 0.1) is 0 Å². The molecule has 1 unspecified atom stereocenters. The summed E-state index contributed by atoms with van der Waals surface area (Å²) in [6.45, 7) is 1.54. The Bertz CT molecular complexity index is 1070. The zero-order valence-electron chi connectivity index (χ0n) is 18.8. The van der Waals surface area contributed by atoms with Gasteiger partial charge in [-0.25, -0.2) is 5.48 Å². The second-order valence-corrected chi connectivity index (χ2v) is 8.66. The van der Waals surface area contributed by atoms with Crippen LogP contribution in [0.5, 0.6) is 0 Å². The van der Waals surface area contributed by atoms with E-state index in [9.17, 15) is 9.59 Å². The summed E-state index contributed by atoms with van der Waals surface area (Å²) >= 11 is 0. The maximum absolute atomic E-state index is 13.2. The van der Waals surface area contributed by atoms with E-state index < -0.39 is 0 Å². The van der Waals surface area contributed by atoms with Crippen molar-refractivity contribution in [3.8, 4) is 11.1 Å². The molecule has 33 heavy (non-hydrogen) atoms. The Hall–Kier alpha value is -3.16. The summed E-state index contributed by atoms with van der Waals surface area (Å²) in [5, 5.41) is 13.1. The van der Waals surface area contributed by atoms with Crippen molar-refractivity contribution in [1.29, 1.82) is 0 Å². The van der Waals surface area contributed by atoms with Gasteiger partial charge in [0.15, 0.2) is 0 Å². The number of fused-ring (bicyclic) bond motifs is 1. The highest BCUT2D eigenvalue weighted by Gasteiger charge is 2.27. The van der Waals surface area contributed by atoms with Gasteiger partial charge in [0.05, 0.1) is 6.04 Å². The molecule has 1 saturated heterocycles. The maximum atomic E-state index is 13.2. The first kappa shape index (κ1) is 23.0. The van der Waals surface area contributed by atoms with E-state index in [2.05, 4.69) is 46.7 Å². The fourth-order valence-corrected chi connectivity index (χ4v) is 4.48. The minimum Gasteiger partial charge on any atom is -0.361 e. The standard InChI is InChI=1S/C26H32N4O3/c31-25(29-33)7-3-1-2-4-17-30(26(32)23-6-5-15-27-23)22-12-10-19(11-13-22)21-9-8-20-14-16-28-24(20)18-21/h8-14,16,18,23,27-28,33H,1-7,15,17H2,(H,29,31). The van der Waals surface area contributed by atoms with Crippen molar-refractivity contribution in [2.75, 3.05) is 18.0 Å². The lowest BCUT2D eigenvalue weighted by Crippen LogP contribution is -2.44. The number of unbranched alkanes of at least 4 members (excludes halogenated alkanes) is 3. The number of rotatable bonds is 10. The number of carbonyl (C=O) groups is 2. The average molecular weight is 449 g/mol. The lowest BCUT2D eigenvalue weighted by Gasteiger charge is -2.26. The Labute approximate surface area is 194 Å². The summed E-state index contributed by atoms with van der Waals surface area (Å²) in [6, 6.07) is 16.5. The molecule has 0 aliphatic carbocycles. The lowest BCUT2D eigenvalue weighted by atomic mass is 10.0. The van der Waals surface area contributed by atoms with Crippen LogP contribution in [0.25, 0.3) is 22.0 Å². The first-order valence-corrected chi connectivity index (χ1v) is 11.8. The second-order valence-electron chi connectivity index (χ2n) is 8.66. The molecule has 0 bridgehead atoms. The van der Waals surface area contributed by atoms with Crippen molar-refractivity contribution in [2.24, 2.45) is 0 Å². The molecule has 7 heteroatoms. The van der Waals surface area contributed by atoms with Gasteiger partial charge in [0.25, 0.3) is 0 Å². The van der Waals surface area contributed by atoms with Crippen LogP contribution in [0.2, 0.25) is 0 Å². The first-order chi connectivity index (χ1) is 16.2. The summed E-state index contributed by atoms with van der Waals surface area (Å²) in [4.78, 5) is 29.5. The van der Waals surface area contributed by atoms with E-state index in [0.717, 1.165) is 67.4 Å². The van der Waals surface area contributed by atoms with Crippen molar-refractivity contribution in [3.63, 3.8) is 0 Å². The number of hydrogen-bond acceptors (Lipinski definition) is 4. The molecule has 0 radical (unpaired) electrons. The van der Waals surface area contributed by atoms with Crippen LogP contribution in [-0.4, -0.2) is 41.1 Å². The highest BCUT2D eigenvalue weighted by atomic mass is 16.5. The van der Waals surface area contributed by atoms with Gasteiger partial charge in [-0.1, -0.05) is 37.1 Å². The number of benzene rings is 2. The first-order valence-electron chi connectivity index (χ1n) is 11.8. The number of anilines is 1.